The molecule has 1 aliphatic heterocycles. The molecule has 1 heterocycles. The molecule has 0 aliphatic carbocycles. The number of anilines is 2. The summed E-state index contributed by atoms with van der Waals surface area (Å²) in [5.41, 5.74) is 1.45. The molecule has 0 unspecified atom stereocenters. The van der Waals surface area contributed by atoms with Crippen molar-refractivity contribution in [2.24, 2.45) is 0 Å². The number of hydrogen-bond donors (Lipinski definition) is 2. The summed E-state index contributed by atoms with van der Waals surface area (Å²) in [6.07, 6.45) is 0.267. The molecule has 1 fully saturated rings. The Balaban J connectivity index is 1.55. The lowest BCUT2D eigenvalue weighted by Gasteiger charge is -2.18. The van der Waals surface area contributed by atoms with Crippen molar-refractivity contribution in [1.82, 2.24) is 5.32 Å². The number of nitrogens with zero attached hydrogens (tertiary/aromatic N) is 1. The van der Waals surface area contributed by atoms with Gasteiger partial charge >= 0.3 is 6.03 Å². The highest BCUT2D eigenvalue weighted by Crippen LogP contribution is 2.24. The van der Waals surface area contributed by atoms with Crippen LogP contribution < -0.4 is 25.0 Å². The van der Waals surface area contributed by atoms with Gasteiger partial charge in [0.25, 0.3) is 0 Å². The van der Waals surface area contributed by atoms with E-state index in [0.717, 1.165) is 11.4 Å². The Morgan fingerprint density at radius 2 is 1.78 bits per heavy atom. The van der Waals surface area contributed by atoms with Crippen LogP contribution >= 0.6 is 0 Å². The van der Waals surface area contributed by atoms with Crippen molar-refractivity contribution in [3.63, 3.8) is 0 Å². The highest BCUT2D eigenvalue weighted by molar-refractivity contribution is 5.97. The van der Waals surface area contributed by atoms with Gasteiger partial charge in [0.15, 0.2) is 0 Å². The molecule has 3 rings (SSSR count). The van der Waals surface area contributed by atoms with E-state index in [2.05, 4.69) is 10.6 Å². The van der Waals surface area contributed by atoms with Crippen LogP contribution in [-0.2, 0) is 4.79 Å². The highest BCUT2D eigenvalue weighted by Gasteiger charge is 2.31. The molecule has 2 aromatic carbocycles. The van der Waals surface area contributed by atoms with Crippen LogP contribution in [0.3, 0.4) is 0 Å². The monoisotopic (exact) mass is 369 g/mol. The van der Waals surface area contributed by atoms with Gasteiger partial charge in [-0.3, -0.25) is 4.79 Å². The first kappa shape index (κ1) is 18.6. The fraction of sp³-hybridized carbons (Fsp3) is 0.300. The molecule has 2 aromatic rings. The lowest BCUT2D eigenvalue weighted by Crippen LogP contribution is -2.39. The zero-order valence-electron chi connectivity index (χ0n) is 15.4. The third-order valence-corrected chi connectivity index (χ3v) is 4.27. The van der Waals surface area contributed by atoms with E-state index >= 15 is 0 Å². The zero-order valence-corrected chi connectivity index (χ0v) is 15.4. The molecule has 0 spiro atoms. The summed E-state index contributed by atoms with van der Waals surface area (Å²) in [6.45, 7) is 2.95. The number of rotatable bonds is 6. The second-order valence-corrected chi connectivity index (χ2v) is 6.16. The van der Waals surface area contributed by atoms with Crippen LogP contribution in [0.5, 0.6) is 11.5 Å². The fourth-order valence-electron chi connectivity index (χ4n) is 2.97. The molecule has 1 saturated heterocycles. The number of methoxy groups -OCH3 is 1. The number of urea groups is 1. The van der Waals surface area contributed by atoms with Crippen molar-refractivity contribution in [3.8, 4) is 11.5 Å². The smallest absolute Gasteiger partial charge is 0.319 e. The molecule has 0 bridgehead atoms. The molecule has 7 nitrogen and oxygen atoms in total. The predicted molar refractivity (Wildman–Crippen MR) is 104 cm³/mol. The Labute approximate surface area is 158 Å². The van der Waals surface area contributed by atoms with E-state index < -0.39 is 0 Å². The molecule has 1 aliphatic rings. The Morgan fingerprint density at radius 1 is 1.11 bits per heavy atom. The van der Waals surface area contributed by atoms with Gasteiger partial charge in [0.2, 0.25) is 5.91 Å². The van der Waals surface area contributed by atoms with Gasteiger partial charge in [0, 0.05) is 24.3 Å². The average Bonchev–Trinajstić information content (AvgIpc) is 3.03. The van der Waals surface area contributed by atoms with Crippen LogP contribution in [0.1, 0.15) is 13.3 Å². The van der Waals surface area contributed by atoms with Gasteiger partial charge in [-0.1, -0.05) is 0 Å². The summed E-state index contributed by atoms with van der Waals surface area (Å²) < 4.78 is 10.5. The normalized spacial score (nSPS) is 16.1. The molecule has 142 valence electrons. The second kappa shape index (κ2) is 8.44. The van der Waals surface area contributed by atoms with Gasteiger partial charge in [-0.25, -0.2) is 4.79 Å². The van der Waals surface area contributed by atoms with Crippen LogP contribution in [-0.4, -0.2) is 38.2 Å². The van der Waals surface area contributed by atoms with Crippen molar-refractivity contribution < 1.29 is 19.1 Å². The van der Waals surface area contributed by atoms with E-state index in [4.69, 9.17) is 9.47 Å². The first-order valence-corrected chi connectivity index (χ1v) is 8.84. The van der Waals surface area contributed by atoms with E-state index in [0.29, 0.717) is 24.6 Å². The van der Waals surface area contributed by atoms with Crippen LogP contribution in [0.25, 0.3) is 0 Å². The first-order chi connectivity index (χ1) is 13.1. The highest BCUT2D eigenvalue weighted by atomic mass is 16.5. The summed E-state index contributed by atoms with van der Waals surface area (Å²) in [5, 5.41) is 5.61. The summed E-state index contributed by atoms with van der Waals surface area (Å²) >= 11 is 0. The van der Waals surface area contributed by atoms with E-state index in [1.165, 1.54) is 0 Å². The predicted octanol–water partition coefficient (Wildman–Crippen LogP) is 3.02. The van der Waals surface area contributed by atoms with E-state index in [1.807, 2.05) is 31.2 Å². The number of carbonyl (C=O) groups excluding carboxylic acids is 2. The average molecular weight is 369 g/mol. The van der Waals surface area contributed by atoms with Crippen molar-refractivity contribution in [2.45, 2.75) is 19.4 Å². The number of amides is 3. The third-order valence-electron chi connectivity index (χ3n) is 4.27. The van der Waals surface area contributed by atoms with Crippen LogP contribution in [0.15, 0.2) is 48.5 Å². The van der Waals surface area contributed by atoms with Gasteiger partial charge < -0.3 is 25.0 Å². The van der Waals surface area contributed by atoms with Gasteiger partial charge in [0.1, 0.15) is 11.5 Å². The number of nitrogens with one attached hydrogen (secondary N) is 2. The fourth-order valence-corrected chi connectivity index (χ4v) is 2.97. The standard InChI is InChI=1S/C20H23N3O4/c1-3-27-18-10-6-16(7-11-18)23-13-15(12-19(23)24)22-20(25)21-14-4-8-17(26-2)9-5-14/h4-11,15H,3,12-13H2,1-2H3,(H2,21,22,25)/t15-/m1/s1. The minimum Gasteiger partial charge on any atom is -0.497 e. The first-order valence-electron chi connectivity index (χ1n) is 8.84. The lowest BCUT2D eigenvalue weighted by atomic mass is 10.2. The van der Waals surface area contributed by atoms with E-state index in [-0.39, 0.29) is 24.4 Å². The number of benzene rings is 2. The van der Waals surface area contributed by atoms with Gasteiger partial charge in [0.05, 0.1) is 19.8 Å². The van der Waals surface area contributed by atoms with Crippen LogP contribution in [0.2, 0.25) is 0 Å². The molecule has 0 aromatic heterocycles. The van der Waals surface area contributed by atoms with Gasteiger partial charge in [-0.05, 0) is 55.5 Å². The van der Waals surface area contributed by atoms with Crippen LogP contribution in [0.4, 0.5) is 16.2 Å². The molecular weight excluding hydrogens is 346 g/mol. The van der Waals surface area contributed by atoms with Gasteiger partial charge in [-0.15, -0.1) is 0 Å². The maximum atomic E-state index is 12.3. The molecule has 1 atom stereocenters. The SMILES string of the molecule is CCOc1ccc(N2C[C@H](NC(=O)Nc3ccc(OC)cc3)CC2=O)cc1. The Morgan fingerprint density at radius 3 is 2.41 bits per heavy atom. The summed E-state index contributed by atoms with van der Waals surface area (Å²) in [5.74, 6) is 1.46. The second-order valence-electron chi connectivity index (χ2n) is 6.16. The molecule has 2 N–H and O–H groups in total. The largest absolute Gasteiger partial charge is 0.497 e. The summed E-state index contributed by atoms with van der Waals surface area (Å²) in [4.78, 5) is 26.2. The minimum absolute atomic E-state index is 0.0195. The molecule has 0 radical (unpaired) electrons. The number of ether oxygens (including phenoxy) is 2. The number of carbonyl (C=O) groups is 2. The Kier molecular flexibility index (Phi) is 5.80. The van der Waals surface area contributed by atoms with Crippen molar-refractivity contribution >= 4 is 23.3 Å². The Hall–Kier alpha value is -3.22. The third kappa shape index (κ3) is 4.69. The topological polar surface area (TPSA) is 79.9 Å². The Bertz CT molecular complexity index is 790. The maximum Gasteiger partial charge on any atom is 0.319 e. The van der Waals surface area contributed by atoms with E-state index in [1.54, 1.807) is 36.3 Å². The van der Waals surface area contributed by atoms with Gasteiger partial charge in [-0.2, -0.15) is 0 Å². The number of hydrogen-bond acceptors (Lipinski definition) is 4. The molecular formula is C20H23N3O4. The van der Waals surface area contributed by atoms with Crippen molar-refractivity contribution in [1.29, 1.82) is 0 Å². The van der Waals surface area contributed by atoms with Crippen molar-refractivity contribution in [3.05, 3.63) is 48.5 Å². The van der Waals surface area contributed by atoms with Crippen LogP contribution in [0, 0.1) is 0 Å². The quantitative estimate of drug-likeness (QED) is 0.820. The molecule has 7 heteroatoms. The minimum atomic E-state index is -0.341. The maximum absolute atomic E-state index is 12.3. The lowest BCUT2D eigenvalue weighted by molar-refractivity contribution is -0.117. The molecule has 3 amide bonds. The summed E-state index contributed by atoms with van der Waals surface area (Å²) in [6, 6.07) is 13.8. The molecule has 0 saturated carbocycles. The molecule has 27 heavy (non-hydrogen) atoms. The van der Waals surface area contributed by atoms with E-state index in [9.17, 15) is 9.59 Å². The summed E-state index contributed by atoms with van der Waals surface area (Å²) in [7, 11) is 1.59. The zero-order chi connectivity index (χ0) is 19.2. The van der Waals surface area contributed by atoms with Crippen molar-refractivity contribution in [2.75, 3.05) is 30.5 Å².